The number of urea groups is 1. The zero-order valence-corrected chi connectivity index (χ0v) is 15.3. The summed E-state index contributed by atoms with van der Waals surface area (Å²) in [6.07, 6.45) is 3.92. The fourth-order valence-corrected chi connectivity index (χ4v) is 3.20. The number of hydrogen-bond donors (Lipinski definition) is 2. The summed E-state index contributed by atoms with van der Waals surface area (Å²) in [6, 6.07) is 4.06. The molecule has 25 heavy (non-hydrogen) atoms. The van der Waals surface area contributed by atoms with Crippen molar-refractivity contribution in [1.82, 2.24) is 10.6 Å². The number of carbonyl (C=O) groups is 3. The van der Waals surface area contributed by atoms with Gasteiger partial charge in [0.1, 0.15) is 0 Å². The lowest BCUT2D eigenvalue weighted by molar-refractivity contribution is -0.127. The molecule has 1 aromatic rings. The molecular weight excluding hydrogens is 367 g/mol. The Morgan fingerprint density at radius 1 is 1.12 bits per heavy atom. The number of benzene rings is 1. The SMILES string of the molecule is C[C@@H](OC(=O)c1c(Cl)cccc1Cl)C(=O)NC(=O)NC1CCCCC1. The van der Waals surface area contributed by atoms with E-state index in [1.54, 1.807) is 6.07 Å². The monoisotopic (exact) mass is 386 g/mol. The summed E-state index contributed by atoms with van der Waals surface area (Å²) in [7, 11) is 0. The summed E-state index contributed by atoms with van der Waals surface area (Å²) < 4.78 is 5.05. The van der Waals surface area contributed by atoms with E-state index in [0.29, 0.717) is 0 Å². The first-order valence-electron chi connectivity index (χ1n) is 8.15. The molecule has 136 valence electrons. The maximum absolute atomic E-state index is 12.1. The molecule has 2 N–H and O–H groups in total. The van der Waals surface area contributed by atoms with E-state index in [0.717, 1.165) is 32.1 Å². The molecule has 3 amide bonds. The molecule has 8 heteroatoms. The number of carbonyl (C=O) groups excluding carboxylic acids is 3. The van der Waals surface area contributed by atoms with Crippen molar-refractivity contribution in [2.24, 2.45) is 0 Å². The van der Waals surface area contributed by atoms with Crippen molar-refractivity contribution in [3.63, 3.8) is 0 Å². The third kappa shape index (κ3) is 5.61. The van der Waals surface area contributed by atoms with Gasteiger partial charge in [0, 0.05) is 6.04 Å². The molecule has 1 saturated carbocycles. The van der Waals surface area contributed by atoms with Gasteiger partial charge in [0.25, 0.3) is 5.91 Å². The number of imide groups is 1. The minimum atomic E-state index is -1.17. The molecule has 0 saturated heterocycles. The average molecular weight is 387 g/mol. The van der Waals surface area contributed by atoms with Crippen molar-refractivity contribution in [1.29, 1.82) is 0 Å². The minimum absolute atomic E-state index is 0.0165. The average Bonchev–Trinajstić information content (AvgIpc) is 2.55. The van der Waals surface area contributed by atoms with E-state index < -0.39 is 24.0 Å². The van der Waals surface area contributed by atoms with Crippen LogP contribution in [0, 0.1) is 0 Å². The molecule has 0 heterocycles. The number of hydrogen-bond acceptors (Lipinski definition) is 4. The topological polar surface area (TPSA) is 84.5 Å². The van der Waals surface area contributed by atoms with E-state index in [-0.39, 0.29) is 21.7 Å². The van der Waals surface area contributed by atoms with Crippen LogP contribution in [0.1, 0.15) is 49.4 Å². The maximum atomic E-state index is 12.1. The predicted molar refractivity (Wildman–Crippen MR) is 94.9 cm³/mol. The summed E-state index contributed by atoms with van der Waals surface area (Å²) >= 11 is 11.9. The predicted octanol–water partition coefficient (Wildman–Crippen LogP) is 3.70. The molecule has 0 aromatic heterocycles. The van der Waals surface area contributed by atoms with Crippen LogP contribution < -0.4 is 10.6 Å². The van der Waals surface area contributed by atoms with Gasteiger partial charge in [-0.15, -0.1) is 0 Å². The van der Waals surface area contributed by atoms with Crippen LogP contribution >= 0.6 is 23.2 Å². The Balaban J connectivity index is 1.87. The smallest absolute Gasteiger partial charge is 0.341 e. The van der Waals surface area contributed by atoms with E-state index >= 15 is 0 Å². The molecule has 2 rings (SSSR count). The number of nitrogens with one attached hydrogen (secondary N) is 2. The van der Waals surface area contributed by atoms with Gasteiger partial charge in [-0.05, 0) is 31.9 Å². The van der Waals surface area contributed by atoms with Crippen molar-refractivity contribution in [3.8, 4) is 0 Å². The van der Waals surface area contributed by atoms with Crippen molar-refractivity contribution >= 4 is 41.1 Å². The van der Waals surface area contributed by atoms with Gasteiger partial charge in [-0.25, -0.2) is 9.59 Å². The molecule has 1 aliphatic rings. The van der Waals surface area contributed by atoms with Crippen LogP contribution in [0.15, 0.2) is 18.2 Å². The van der Waals surface area contributed by atoms with Crippen LogP contribution in [0.4, 0.5) is 4.79 Å². The number of amides is 3. The molecule has 0 bridgehead atoms. The lowest BCUT2D eigenvalue weighted by Crippen LogP contribution is -2.48. The van der Waals surface area contributed by atoms with Crippen LogP contribution in [-0.2, 0) is 9.53 Å². The Labute approximate surface area is 156 Å². The van der Waals surface area contributed by atoms with Crippen LogP contribution in [0.3, 0.4) is 0 Å². The maximum Gasteiger partial charge on any atom is 0.341 e. The molecule has 6 nitrogen and oxygen atoms in total. The molecular formula is C17H20Cl2N2O4. The van der Waals surface area contributed by atoms with Crippen LogP contribution in [0.2, 0.25) is 10.0 Å². The summed E-state index contributed by atoms with van der Waals surface area (Å²) in [5.41, 5.74) is -0.0165. The van der Waals surface area contributed by atoms with Crippen molar-refractivity contribution in [3.05, 3.63) is 33.8 Å². The highest BCUT2D eigenvalue weighted by molar-refractivity contribution is 6.39. The highest BCUT2D eigenvalue weighted by Gasteiger charge is 2.24. The third-order valence-corrected chi connectivity index (χ3v) is 4.63. The van der Waals surface area contributed by atoms with Gasteiger partial charge in [-0.3, -0.25) is 10.1 Å². The van der Waals surface area contributed by atoms with E-state index in [1.807, 2.05) is 0 Å². The highest BCUT2D eigenvalue weighted by Crippen LogP contribution is 2.25. The first-order valence-corrected chi connectivity index (χ1v) is 8.90. The summed E-state index contributed by atoms with van der Waals surface area (Å²) in [5, 5.41) is 5.19. The molecule has 0 aliphatic heterocycles. The van der Waals surface area contributed by atoms with E-state index in [1.165, 1.54) is 19.1 Å². The van der Waals surface area contributed by atoms with E-state index in [9.17, 15) is 14.4 Å². The number of ether oxygens (including phenoxy) is 1. The highest BCUT2D eigenvalue weighted by atomic mass is 35.5. The van der Waals surface area contributed by atoms with E-state index in [2.05, 4.69) is 10.6 Å². The molecule has 1 fully saturated rings. The molecule has 0 spiro atoms. The van der Waals surface area contributed by atoms with Crippen LogP contribution in [0.5, 0.6) is 0 Å². The standard InChI is InChI=1S/C17H20Cl2N2O4/c1-10(25-16(23)14-12(18)8-5-9-13(14)19)15(22)21-17(24)20-11-6-3-2-4-7-11/h5,8-11H,2-4,6-7H2,1H3,(H2,20,21,22,24)/t10-/m1/s1. The second-order valence-electron chi connectivity index (χ2n) is 5.94. The van der Waals surface area contributed by atoms with Crippen LogP contribution in [0.25, 0.3) is 0 Å². The molecule has 1 aromatic carbocycles. The Morgan fingerprint density at radius 2 is 1.72 bits per heavy atom. The first-order chi connectivity index (χ1) is 11.9. The van der Waals surface area contributed by atoms with Crippen LogP contribution in [-0.4, -0.2) is 30.1 Å². The summed E-state index contributed by atoms with van der Waals surface area (Å²) in [4.78, 5) is 36.0. The molecule has 0 radical (unpaired) electrons. The van der Waals surface area contributed by atoms with Crippen molar-refractivity contribution in [2.75, 3.05) is 0 Å². The molecule has 1 atom stereocenters. The van der Waals surface area contributed by atoms with E-state index in [4.69, 9.17) is 27.9 Å². The Morgan fingerprint density at radius 3 is 2.32 bits per heavy atom. The van der Waals surface area contributed by atoms with Gasteiger partial charge < -0.3 is 10.1 Å². The zero-order valence-electron chi connectivity index (χ0n) is 13.8. The Kier molecular flexibility index (Phi) is 7.08. The second kappa shape index (κ2) is 9.06. The number of halogens is 2. The Hall–Kier alpha value is -1.79. The van der Waals surface area contributed by atoms with Gasteiger partial charge in [0.15, 0.2) is 6.10 Å². The van der Waals surface area contributed by atoms with Gasteiger partial charge in [-0.2, -0.15) is 0 Å². The van der Waals surface area contributed by atoms with Gasteiger partial charge >= 0.3 is 12.0 Å². The third-order valence-electron chi connectivity index (χ3n) is 4.00. The normalized spacial score (nSPS) is 16.0. The fourth-order valence-electron chi connectivity index (χ4n) is 2.65. The largest absolute Gasteiger partial charge is 0.449 e. The van der Waals surface area contributed by atoms with Crippen molar-refractivity contribution < 1.29 is 19.1 Å². The molecule has 1 aliphatic carbocycles. The minimum Gasteiger partial charge on any atom is -0.449 e. The molecule has 0 unspecified atom stereocenters. The Bertz CT molecular complexity index is 640. The first kappa shape index (κ1) is 19.5. The lowest BCUT2D eigenvalue weighted by atomic mass is 9.96. The van der Waals surface area contributed by atoms with Crippen molar-refractivity contribution in [2.45, 2.75) is 51.2 Å². The van der Waals surface area contributed by atoms with Gasteiger partial charge in [0.05, 0.1) is 15.6 Å². The quantitative estimate of drug-likeness (QED) is 0.772. The van der Waals surface area contributed by atoms with Gasteiger partial charge in [-0.1, -0.05) is 48.5 Å². The zero-order chi connectivity index (χ0) is 18.4. The number of esters is 1. The van der Waals surface area contributed by atoms with Gasteiger partial charge in [0.2, 0.25) is 0 Å². The summed E-state index contributed by atoms with van der Waals surface area (Å²) in [5.74, 6) is -1.55. The number of rotatable bonds is 4. The fraction of sp³-hybridized carbons (Fsp3) is 0.471. The summed E-state index contributed by atoms with van der Waals surface area (Å²) in [6.45, 7) is 1.37. The lowest BCUT2D eigenvalue weighted by Gasteiger charge is -2.23. The second-order valence-corrected chi connectivity index (χ2v) is 6.76.